The van der Waals surface area contributed by atoms with Gasteiger partial charge in [0.25, 0.3) is 0 Å². The summed E-state index contributed by atoms with van der Waals surface area (Å²) in [6, 6.07) is 0. The molecule has 0 rings (SSSR count). The van der Waals surface area contributed by atoms with Crippen LogP contribution in [0.4, 0.5) is 0 Å². The van der Waals surface area contributed by atoms with Gasteiger partial charge in [-0.25, -0.2) is 24.4 Å². The number of likely N-dealkylation sites (N-methyl/N-ethyl adjacent to an activating group) is 1. The lowest BCUT2D eigenvalue weighted by Crippen LogP contribution is -2.44. The van der Waals surface area contributed by atoms with Crippen molar-refractivity contribution in [3.05, 3.63) is 0 Å². The first-order valence-corrected chi connectivity index (χ1v) is 6.52. The van der Waals surface area contributed by atoms with E-state index >= 15 is 0 Å². The standard InChI is InChI=1S/C13H21N3O4/c1-16(2,9-13(19)20)6-4-3-5-12(7-14-10-17)8-15-11-18/h12H,3-9H2,1-2H3/p+1. The Bertz CT molecular complexity index is 376. The molecule has 0 amide bonds. The molecule has 0 fully saturated rings. The molecule has 0 saturated carbocycles. The summed E-state index contributed by atoms with van der Waals surface area (Å²) < 4.78 is 0.430. The third-order valence-electron chi connectivity index (χ3n) is 3.02. The van der Waals surface area contributed by atoms with Gasteiger partial charge in [0, 0.05) is 0 Å². The molecule has 7 heteroatoms. The summed E-state index contributed by atoms with van der Waals surface area (Å²) in [7, 11) is 3.75. The third-order valence-corrected chi connectivity index (χ3v) is 3.02. The van der Waals surface area contributed by atoms with Crippen LogP contribution in [0.15, 0.2) is 9.98 Å². The van der Waals surface area contributed by atoms with Crippen molar-refractivity contribution < 1.29 is 24.0 Å². The smallest absolute Gasteiger partial charge is 0.359 e. The summed E-state index contributed by atoms with van der Waals surface area (Å²) >= 11 is 0. The molecule has 0 aromatic carbocycles. The van der Waals surface area contributed by atoms with Gasteiger partial charge in [0.1, 0.15) is 0 Å². The second-order valence-electron chi connectivity index (χ2n) is 5.44. The van der Waals surface area contributed by atoms with Gasteiger partial charge >= 0.3 is 5.97 Å². The van der Waals surface area contributed by atoms with Crippen LogP contribution in [0.1, 0.15) is 19.3 Å². The zero-order valence-electron chi connectivity index (χ0n) is 12.0. The van der Waals surface area contributed by atoms with Gasteiger partial charge in [-0.3, -0.25) is 0 Å². The number of carbonyl (C=O) groups is 1. The quantitative estimate of drug-likeness (QED) is 0.260. The first-order valence-electron chi connectivity index (χ1n) is 6.52. The number of rotatable bonds is 11. The fraction of sp³-hybridized carbons (Fsp3) is 0.769. The van der Waals surface area contributed by atoms with Gasteiger partial charge < -0.3 is 9.59 Å². The van der Waals surface area contributed by atoms with Crippen molar-refractivity contribution in [2.75, 3.05) is 40.3 Å². The Labute approximate surface area is 118 Å². The van der Waals surface area contributed by atoms with E-state index in [1.807, 2.05) is 14.1 Å². The van der Waals surface area contributed by atoms with Crippen LogP contribution in [0, 0.1) is 5.92 Å². The predicted octanol–water partition coefficient (Wildman–Crippen LogP) is 0.606. The van der Waals surface area contributed by atoms with E-state index in [1.54, 1.807) is 0 Å². The van der Waals surface area contributed by atoms with Gasteiger partial charge in [-0.15, -0.1) is 0 Å². The highest BCUT2D eigenvalue weighted by atomic mass is 16.4. The summed E-state index contributed by atoms with van der Waals surface area (Å²) in [6.07, 6.45) is 5.47. The summed E-state index contributed by atoms with van der Waals surface area (Å²) in [5.74, 6) is -0.776. The van der Waals surface area contributed by atoms with E-state index in [-0.39, 0.29) is 12.5 Å². The average Bonchev–Trinajstić information content (AvgIpc) is 2.35. The molecule has 0 unspecified atom stereocenters. The largest absolute Gasteiger partial charge is 0.477 e. The highest BCUT2D eigenvalue weighted by molar-refractivity contribution is 5.67. The van der Waals surface area contributed by atoms with E-state index in [2.05, 4.69) is 9.98 Å². The lowest BCUT2D eigenvalue weighted by molar-refractivity contribution is -0.883. The fourth-order valence-corrected chi connectivity index (χ4v) is 1.99. The van der Waals surface area contributed by atoms with Crippen LogP contribution in [0.3, 0.4) is 0 Å². The Morgan fingerprint density at radius 3 is 2.15 bits per heavy atom. The Balaban J connectivity index is 4.06. The molecule has 1 N–H and O–H groups in total. The molecule has 0 aliphatic rings. The number of quaternary nitrogens is 1. The maximum Gasteiger partial charge on any atom is 0.359 e. The van der Waals surface area contributed by atoms with E-state index in [4.69, 9.17) is 5.11 Å². The van der Waals surface area contributed by atoms with E-state index in [1.165, 1.54) is 12.2 Å². The van der Waals surface area contributed by atoms with E-state index in [0.29, 0.717) is 17.6 Å². The summed E-state index contributed by atoms with van der Waals surface area (Å²) in [5, 5.41) is 8.77. The van der Waals surface area contributed by atoms with Crippen LogP contribution < -0.4 is 0 Å². The zero-order chi connectivity index (χ0) is 15.4. The maximum absolute atomic E-state index is 10.7. The number of nitrogens with zero attached hydrogens (tertiary/aromatic N) is 3. The lowest BCUT2D eigenvalue weighted by atomic mass is 10.0. The molecule has 7 nitrogen and oxygen atoms in total. The molecule has 0 aromatic rings. The maximum atomic E-state index is 10.7. The molecule has 0 bridgehead atoms. The molecular formula is C13H22N3O4+. The predicted molar refractivity (Wildman–Crippen MR) is 72.8 cm³/mol. The monoisotopic (exact) mass is 284 g/mol. The first-order chi connectivity index (χ1) is 9.41. The normalized spacial score (nSPS) is 12.1. The number of carbonyl (C=O) groups excluding carboxylic acids is 2. The average molecular weight is 284 g/mol. The topological polar surface area (TPSA) is 96.2 Å². The molecule has 112 valence electrons. The van der Waals surface area contributed by atoms with E-state index in [0.717, 1.165) is 25.8 Å². The zero-order valence-corrected chi connectivity index (χ0v) is 12.0. The highest BCUT2D eigenvalue weighted by Gasteiger charge is 2.19. The molecule has 0 aromatic heterocycles. The van der Waals surface area contributed by atoms with E-state index < -0.39 is 5.97 Å². The molecule has 0 saturated heterocycles. The minimum absolute atomic E-state index is 0.0352. The van der Waals surface area contributed by atoms with Crippen molar-refractivity contribution in [1.82, 2.24) is 0 Å². The minimum atomic E-state index is -0.812. The third kappa shape index (κ3) is 10.1. The second-order valence-corrected chi connectivity index (χ2v) is 5.44. The summed E-state index contributed by atoms with van der Waals surface area (Å²) in [5.41, 5.74) is 0. The summed E-state index contributed by atoms with van der Waals surface area (Å²) in [4.78, 5) is 37.9. The Morgan fingerprint density at radius 1 is 1.15 bits per heavy atom. The van der Waals surface area contributed by atoms with Crippen molar-refractivity contribution in [2.24, 2.45) is 15.9 Å². The van der Waals surface area contributed by atoms with Crippen molar-refractivity contribution in [1.29, 1.82) is 0 Å². The molecule has 20 heavy (non-hydrogen) atoms. The van der Waals surface area contributed by atoms with Crippen LogP contribution in [-0.2, 0) is 14.4 Å². The number of aliphatic imine (C=N–C) groups is 2. The molecule has 0 radical (unpaired) electrons. The fourth-order valence-electron chi connectivity index (χ4n) is 1.99. The second kappa shape index (κ2) is 10.0. The van der Waals surface area contributed by atoms with Crippen molar-refractivity contribution in [3.8, 4) is 0 Å². The van der Waals surface area contributed by atoms with Crippen LogP contribution in [0.25, 0.3) is 0 Å². The first kappa shape index (κ1) is 18.2. The van der Waals surface area contributed by atoms with Gasteiger partial charge in [0.05, 0.1) is 33.7 Å². The molecule has 0 atom stereocenters. The van der Waals surface area contributed by atoms with Crippen LogP contribution in [0.2, 0.25) is 0 Å². The lowest BCUT2D eigenvalue weighted by Gasteiger charge is -2.27. The van der Waals surface area contributed by atoms with Gasteiger partial charge in [-0.1, -0.05) is 0 Å². The van der Waals surface area contributed by atoms with Gasteiger partial charge in [0.2, 0.25) is 12.2 Å². The molecular weight excluding hydrogens is 262 g/mol. The number of aliphatic carboxylic acids is 1. The SMILES string of the molecule is C[N+](C)(CCCCC(CN=C=O)CN=C=O)CC(=O)O. The number of unbranched alkanes of at least 4 members (excludes halogenated alkanes) is 1. The van der Waals surface area contributed by atoms with Gasteiger partial charge in [-0.05, 0) is 25.2 Å². The van der Waals surface area contributed by atoms with Crippen LogP contribution >= 0.6 is 0 Å². The van der Waals surface area contributed by atoms with E-state index in [9.17, 15) is 14.4 Å². The Kier molecular flexibility index (Phi) is 9.13. The van der Waals surface area contributed by atoms with Gasteiger partial charge in [0.15, 0.2) is 6.54 Å². The minimum Gasteiger partial charge on any atom is -0.477 e. The van der Waals surface area contributed by atoms with Crippen molar-refractivity contribution in [2.45, 2.75) is 19.3 Å². The van der Waals surface area contributed by atoms with Gasteiger partial charge in [-0.2, -0.15) is 0 Å². The number of hydrogen-bond donors (Lipinski definition) is 1. The number of hydrogen-bond acceptors (Lipinski definition) is 5. The number of isocyanates is 2. The molecule has 0 spiro atoms. The highest BCUT2D eigenvalue weighted by Crippen LogP contribution is 2.11. The number of carboxylic acid groups (broad SMARTS) is 1. The molecule has 0 aliphatic heterocycles. The van der Waals surface area contributed by atoms with Crippen molar-refractivity contribution >= 4 is 18.1 Å². The molecule has 0 aliphatic carbocycles. The summed E-state index contributed by atoms with van der Waals surface area (Å²) in [6.45, 7) is 1.46. The van der Waals surface area contributed by atoms with Crippen LogP contribution in [-0.4, -0.2) is 68.0 Å². The Morgan fingerprint density at radius 2 is 1.70 bits per heavy atom. The Hall–Kier alpha value is -1.81. The number of carboxylic acids is 1. The van der Waals surface area contributed by atoms with Crippen molar-refractivity contribution in [3.63, 3.8) is 0 Å². The molecule has 0 heterocycles. The van der Waals surface area contributed by atoms with Crippen LogP contribution in [0.5, 0.6) is 0 Å².